The summed E-state index contributed by atoms with van der Waals surface area (Å²) in [5.41, 5.74) is 1.78. The van der Waals surface area contributed by atoms with Crippen molar-refractivity contribution >= 4 is 21.8 Å². The minimum absolute atomic E-state index is 0.120. The van der Waals surface area contributed by atoms with Crippen LogP contribution in [0.25, 0.3) is 0 Å². The van der Waals surface area contributed by atoms with Crippen LogP contribution in [0.3, 0.4) is 0 Å². The summed E-state index contributed by atoms with van der Waals surface area (Å²) in [4.78, 5) is 25.1. The highest BCUT2D eigenvalue weighted by atomic mass is 32.2. The van der Waals surface area contributed by atoms with Gasteiger partial charge in [-0.3, -0.25) is 4.79 Å². The lowest BCUT2D eigenvalue weighted by Crippen LogP contribution is -2.32. The second kappa shape index (κ2) is 8.06. The molecule has 0 atom stereocenters. The highest BCUT2D eigenvalue weighted by Crippen LogP contribution is 2.24. The summed E-state index contributed by atoms with van der Waals surface area (Å²) in [6.07, 6.45) is 0. The first-order valence-electron chi connectivity index (χ1n) is 8.49. The molecule has 0 saturated heterocycles. The molecule has 0 aliphatic rings. The number of esters is 1. The van der Waals surface area contributed by atoms with Crippen molar-refractivity contribution in [3.05, 3.63) is 52.8 Å². The average molecular weight is 392 g/mol. The van der Waals surface area contributed by atoms with Gasteiger partial charge in [-0.2, -0.15) is 4.31 Å². The maximum atomic E-state index is 12.9. The molecule has 0 spiro atoms. The molecule has 0 aliphatic carbocycles. The first kappa shape index (κ1) is 20.9. The summed E-state index contributed by atoms with van der Waals surface area (Å²) in [7, 11) is -1.14. The summed E-state index contributed by atoms with van der Waals surface area (Å²) < 4.78 is 32.8. The molecule has 0 radical (unpaired) electrons. The number of aromatic nitrogens is 1. The Morgan fingerprint density at radius 1 is 1.15 bits per heavy atom. The van der Waals surface area contributed by atoms with Crippen LogP contribution in [0.1, 0.15) is 39.0 Å². The van der Waals surface area contributed by atoms with Crippen molar-refractivity contribution in [1.29, 1.82) is 0 Å². The Bertz CT molecular complexity index is 962. The van der Waals surface area contributed by atoms with Gasteiger partial charge in [-0.05, 0) is 38.5 Å². The van der Waals surface area contributed by atoms with Gasteiger partial charge in [0, 0.05) is 24.8 Å². The summed E-state index contributed by atoms with van der Waals surface area (Å²) >= 11 is 0. The average Bonchev–Trinajstić information content (AvgIpc) is 2.91. The van der Waals surface area contributed by atoms with Crippen LogP contribution in [0, 0.1) is 13.8 Å². The molecule has 8 heteroatoms. The predicted octanol–water partition coefficient (Wildman–Crippen LogP) is 2.41. The summed E-state index contributed by atoms with van der Waals surface area (Å²) in [6, 6.07) is 7.94. The lowest BCUT2D eigenvalue weighted by molar-refractivity contribution is 0.0587. The first-order chi connectivity index (χ1) is 12.7. The third-order valence-corrected chi connectivity index (χ3v) is 6.38. The number of Topliss-reactive ketones (excluding diaryl/α,β-unsaturated/α-hetero) is 1. The molecule has 1 aromatic heterocycles. The fourth-order valence-electron chi connectivity index (χ4n) is 3.20. The van der Waals surface area contributed by atoms with E-state index < -0.39 is 16.0 Å². The van der Waals surface area contributed by atoms with E-state index in [-0.39, 0.29) is 17.2 Å². The SMILES string of the molecule is CCn1c(C)c(C(=O)CN(C)S(=O)(=O)c2ccccc2)c(C)c1C(=O)OC. The van der Waals surface area contributed by atoms with Crippen LogP contribution in [-0.2, 0) is 21.3 Å². The number of hydrogen-bond donors (Lipinski definition) is 0. The fourth-order valence-corrected chi connectivity index (χ4v) is 4.35. The highest BCUT2D eigenvalue weighted by molar-refractivity contribution is 7.89. The van der Waals surface area contributed by atoms with Crippen molar-refractivity contribution in [2.24, 2.45) is 0 Å². The van der Waals surface area contributed by atoms with E-state index >= 15 is 0 Å². The number of rotatable bonds is 7. The number of methoxy groups -OCH3 is 1. The molecule has 0 amide bonds. The zero-order valence-corrected chi connectivity index (χ0v) is 17.0. The van der Waals surface area contributed by atoms with E-state index in [2.05, 4.69) is 0 Å². The molecule has 1 aromatic carbocycles. The topological polar surface area (TPSA) is 85.7 Å². The number of ketones is 1. The minimum atomic E-state index is -3.78. The molecule has 2 aromatic rings. The van der Waals surface area contributed by atoms with Crippen LogP contribution in [0.5, 0.6) is 0 Å². The zero-order chi connectivity index (χ0) is 20.4. The van der Waals surface area contributed by atoms with Crippen molar-refractivity contribution in [3.8, 4) is 0 Å². The number of hydrogen-bond acceptors (Lipinski definition) is 5. The first-order valence-corrected chi connectivity index (χ1v) is 9.93. The van der Waals surface area contributed by atoms with Crippen LogP contribution in [0.2, 0.25) is 0 Å². The Hall–Kier alpha value is -2.45. The molecule has 0 fully saturated rings. The summed E-state index contributed by atoms with van der Waals surface area (Å²) in [5, 5.41) is 0. The highest BCUT2D eigenvalue weighted by Gasteiger charge is 2.29. The van der Waals surface area contributed by atoms with E-state index in [1.54, 1.807) is 36.6 Å². The molecule has 146 valence electrons. The predicted molar refractivity (Wildman–Crippen MR) is 102 cm³/mol. The van der Waals surface area contributed by atoms with E-state index in [9.17, 15) is 18.0 Å². The molecule has 0 bridgehead atoms. The van der Waals surface area contributed by atoms with Crippen molar-refractivity contribution in [1.82, 2.24) is 8.87 Å². The van der Waals surface area contributed by atoms with Crippen LogP contribution in [0.15, 0.2) is 35.2 Å². The van der Waals surface area contributed by atoms with E-state index in [0.29, 0.717) is 29.1 Å². The van der Waals surface area contributed by atoms with E-state index in [4.69, 9.17) is 4.74 Å². The maximum absolute atomic E-state index is 12.9. The normalized spacial score (nSPS) is 11.6. The lowest BCUT2D eigenvalue weighted by atomic mass is 10.1. The van der Waals surface area contributed by atoms with E-state index in [1.165, 1.54) is 26.3 Å². The number of carbonyl (C=O) groups is 2. The number of ether oxygens (including phenoxy) is 1. The largest absolute Gasteiger partial charge is 0.464 e. The Labute approximate surface area is 159 Å². The molecular formula is C19H24N2O5S. The number of benzene rings is 1. The van der Waals surface area contributed by atoms with Gasteiger partial charge in [0.2, 0.25) is 10.0 Å². The van der Waals surface area contributed by atoms with Crippen molar-refractivity contribution in [3.63, 3.8) is 0 Å². The second-order valence-corrected chi connectivity index (χ2v) is 8.21. The Kier molecular flexibility index (Phi) is 6.22. The van der Waals surface area contributed by atoms with Crippen LogP contribution in [0.4, 0.5) is 0 Å². The number of nitrogens with zero attached hydrogens (tertiary/aromatic N) is 2. The quantitative estimate of drug-likeness (QED) is 0.534. The van der Waals surface area contributed by atoms with Gasteiger partial charge in [0.25, 0.3) is 0 Å². The smallest absolute Gasteiger partial charge is 0.354 e. The summed E-state index contributed by atoms with van der Waals surface area (Å²) in [6.45, 7) is 5.43. The summed E-state index contributed by atoms with van der Waals surface area (Å²) in [5.74, 6) is -0.897. The Morgan fingerprint density at radius 2 is 1.74 bits per heavy atom. The van der Waals surface area contributed by atoms with Gasteiger partial charge in [-0.1, -0.05) is 18.2 Å². The van der Waals surface area contributed by atoms with Crippen molar-refractivity contribution in [2.75, 3.05) is 20.7 Å². The van der Waals surface area contributed by atoms with Crippen molar-refractivity contribution in [2.45, 2.75) is 32.2 Å². The molecule has 0 unspecified atom stereocenters. The van der Waals surface area contributed by atoms with Gasteiger partial charge in [0.15, 0.2) is 5.78 Å². The number of likely N-dealkylation sites (N-methyl/N-ethyl adjacent to an activating group) is 1. The van der Waals surface area contributed by atoms with Crippen LogP contribution < -0.4 is 0 Å². The Balaban J connectivity index is 2.39. The van der Waals surface area contributed by atoms with E-state index in [1.807, 2.05) is 6.92 Å². The molecule has 0 N–H and O–H groups in total. The van der Waals surface area contributed by atoms with Gasteiger partial charge in [0.05, 0.1) is 18.6 Å². The third-order valence-electron chi connectivity index (χ3n) is 4.56. The molecule has 1 heterocycles. The minimum Gasteiger partial charge on any atom is -0.464 e. The Morgan fingerprint density at radius 3 is 2.26 bits per heavy atom. The van der Waals surface area contributed by atoms with Gasteiger partial charge in [0.1, 0.15) is 5.69 Å². The number of sulfonamides is 1. The molecule has 2 rings (SSSR count). The lowest BCUT2D eigenvalue weighted by Gasteiger charge is -2.16. The second-order valence-electron chi connectivity index (χ2n) is 6.17. The number of carbonyl (C=O) groups excluding carboxylic acids is 2. The third kappa shape index (κ3) is 3.81. The van der Waals surface area contributed by atoms with Gasteiger partial charge in [-0.25, -0.2) is 13.2 Å². The molecule has 7 nitrogen and oxygen atoms in total. The van der Waals surface area contributed by atoms with Crippen LogP contribution >= 0.6 is 0 Å². The molecule has 0 aliphatic heterocycles. The van der Waals surface area contributed by atoms with Crippen LogP contribution in [-0.4, -0.2) is 49.7 Å². The molecular weight excluding hydrogens is 368 g/mol. The molecule has 27 heavy (non-hydrogen) atoms. The van der Waals surface area contributed by atoms with Gasteiger partial charge < -0.3 is 9.30 Å². The van der Waals surface area contributed by atoms with Crippen molar-refractivity contribution < 1.29 is 22.7 Å². The van der Waals surface area contributed by atoms with E-state index in [0.717, 1.165) is 4.31 Å². The van der Waals surface area contributed by atoms with Gasteiger partial charge >= 0.3 is 5.97 Å². The maximum Gasteiger partial charge on any atom is 0.354 e. The fraction of sp³-hybridized carbons (Fsp3) is 0.368. The molecule has 0 saturated carbocycles. The van der Waals surface area contributed by atoms with Gasteiger partial charge in [-0.15, -0.1) is 0 Å². The standard InChI is InChI=1S/C19H24N2O5S/c1-6-21-14(3)17(13(2)18(21)19(23)26-5)16(22)12-20(4)27(24,25)15-10-8-7-9-11-15/h7-11H,6,12H2,1-5H3. The zero-order valence-electron chi connectivity index (χ0n) is 16.1. The monoisotopic (exact) mass is 392 g/mol.